The maximum Gasteiger partial charge on any atom is 0.139 e. The number of nitrogens with one attached hydrogen (secondary N) is 1. The normalized spacial score (nSPS) is 17.9. The number of Topliss-reactive ketones (excluding diaryl/α,β-unsaturated/α-hetero) is 1. The molecule has 110 valence electrons. The van der Waals surface area contributed by atoms with Crippen molar-refractivity contribution in [2.45, 2.75) is 50.5 Å². The highest BCUT2D eigenvalue weighted by molar-refractivity contribution is 6.31. The van der Waals surface area contributed by atoms with Gasteiger partial charge >= 0.3 is 0 Å². The average Bonchev–Trinajstić information content (AvgIpc) is 2.43. The lowest BCUT2D eigenvalue weighted by atomic mass is 9.78. The van der Waals surface area contributed by atoms with Crippen LogP contribution in [0.1, 0.15) is 44.1 Å². The van der Waals surface area contributed by atoms with Gasteiger partial charge in [0.25, 0.3) is 0 Å². The first kappa shape index (κ1) is 15.5. The lowest BCUT2D eigenvalue weighted by Crippen LogP contribution is -2.46. The van der Waals surface area contributed by atoms with Gasteiger partial charge in [-0.2, -0.15) is 0 Å². The second kappa shape index (κ2) is 6.68. The first-order valence-corrected chi connectivity index (χ1v) is 7.57. The number of rotatable bonds is 5. The molecule has 1 N–H and O–H groups in total. The predicted octanol–water partition coefficient (Wildman–Crippen LogP) is 3.90. The maximum absolute atomic E-state index is 13.0. The van der Waals surface area contributed by atoms with Gasteiger partial charge in [0.05, 0.1) is 0 Å². The van der Waals surface area contributed by atoms with Gasteiger partial charge in [-0.1, -0.05) is 36.9 Å². The highest BCUT2D eigenvalue weighted by Gasteiger charge is 2.32. The van der Waals surface area contributed by atoms with Crippen LogP contribution in [0, 0.1) is 5.82 Å². The summed E-state index contributed by atoms with van der Waals surface area (Å²) in [7, 11) is 1.93. The molecule has 1 saturated carbocycles. The summed E-state index contributed by atoms with van der Waals surface area (Å²) >= 11 is 5.98. The Labute approximate surface area is 124 Å². The van der Waals surface area contributed by atoms with Gasteiger partial charge in [-0.3, -0.25) is 4.79 Å². The smallest absolute Gasteiger partial charge is 0.139 e. The summed E-state index contributed by atoms with van der Waals surface area (Å²) in [4.78, 5) is 12.3. The van der Waals surface area contributed by atoms with E-state index in [1.807, 2.05) is 7.05 Å². The molecule has 2 rings (SSSR count). The lowest BCUT2D eigenvalue weighted by molar-refractivity contribution is -0.120. The molecule has 1 fully saturated rings. The van der Waals surface area contributed by atoms with Crippen LogP contribution >= 0.6 is 11.6 Å². The van der Waals surface area contributed by atoms with Crippen molar-refractivity contribution in [3.8, 4) is 0 Å². The van der Waals surface area contributed by atoms with Crippen LogP contribution in [0.25, 0.3) is 0 Å². The summed E-state index contributed by atoms with van der Waals surface area (Å²) in [5, 5.41) is 3.68. The van der Waals surface area contributed by atoms with Crippen LogP contribution in [-0.4, -0.2) is 18.4 Å². The highest BCUT2D eigenvalue weighted by atomic mass is 35.5. The van der Waals surface area contributed by atoms with E-state index < -0.39 is 0 Å². The SMILES string of the molecule is CNC1(CC(=O)Cc2ccc(F)cc2Cl)CCCCC1. The Morgan fingerprint density at radius 2 is 2.05 bits per heavy atom. The number of halogens is 2. The Morgan fingerprint density at radius 1 is 1.35 bits per heavy atom. The van der Waals surface area contributed by atoms with Crippen LogP contribution in [0.4, 0.5) is 4.39 Å². The molecule has 0 unspecified atom stereocenters. The molecule has 1 aromatic carbocycles. The largest absolute Gasteiger partial charge is 0.314 e. The van der Waals surface area contributed by atoms with Gasteiger partial charge in [-0.15, -0.1) is 0 Å². The van der Waals surface area contributed by atoms with Crippen LogP contribution in [0.15, 0.2) is 18.2 Å². The van der Waals surface area contributed by atoms with Crippen LogP contribution in [0.2, 0.25) is 5.02 Å². The van der Waals surface area contributed by atoms with E-state index in [-0.39, 0.29) is 23.6 Å². The summed E-state index contributed by atoms with van der Waals surface area (Å²) < 4.78 is 13.0. The summed E-state index contributed by atoms with van der Waals surface area (Å²) in [5.41, 5.74) is 0.655. The predicted molar refractivity (Wildman–Crippen MR) is 79.6 cm³/mol. The van der Waals surface area contributed by atoms with Crippen LogP contribution in [0.5, 0.6) is 0 Å². The second-order valence-electron chi connectivity index (χ2n) is 5.72. The van der Waals surface area contributed by atoms with Crippen LogP contribution < -0.4 is 5.32 Å². The van der Waals surface area contributed by atoms with Crippen molar-refractivity contribution < 1.29 is 9.18 Å². The van der Waals surface area contributed by atoms with Crippen molar-refractivity contribution in [3.63, 3.8) is 0 Å². The number of hydrogen-bond donors (Lipinski definition) is 1. The van der Waals surface area contributed by atoms with Crippen LogP contribution in [-0.2, 0) is 11.2 Å². The highest BCUT2D eigenvalue weighted by Crippen LogP contribution is 2.31. The van der Waals surface area contributed by atoms with E-state index in [0.29, 0.717) is 17.0 Å². The zero-order valence-electron chi connectivity index (χ0n) is 11.8. The standard InChI is InChI=1S/C16H21ClFNO/c1-19-16(7-3-2-4-8-16)11-14(20)9-12-5-6-13(18)10-15(12)17/h5-6,10,19H,2-4,7-9,11H2,1H3. The van der Waals surface area contributed by atoms with Crippen molar-refractivity contribution in [2.75, 3.05) is 7.05 Å². The lowest BCUT2D eigenvalue weighted by Gasteiger charge is -2.36. The van der Waals surface area contributed by atoms with Gasteiger partial charge < -0.3 is 5.32 Å². The third kappa shape index (κ3) is 3.80. The van der Waals surface area contributed by atoms with Crippen molar-refractivity contribution in [1.82, 2.24) is 5.32 Å². The Bertz CT molecular complexity index is 483. The molecule has 0 heterocycles. The van der Waals surface area contributed by atoms with E-state index >= 15 is 0 Å². The molecule has 20 heavy (non-hydrogen) atoms. The van der Waals surface area contributed by atoms with Crippen molar-refractivity contribution in [3.05, 3.63) is 34.6 Å². The molecule has 4 heteroatoms. The third-order valence-electron chi connectivity index (χ3n) is 4.28. The fourth-order valence-electron chi connectivity index (χ4n) is 3.06. The van der Waals surface area contributed by atoms with Gasteiger partial charge in [-0.25, -0.2) is 4.39 Å². The molecule has 0 amide bonds. The number of benzene rings is 1. The average molecular weight is 298 g/mol. The number of carbonyl (C=O) groups excluding carboxylic acids is 1. The van der Waals surface area contributed by atoms with Crippen molar-refractivity contribution >= 4 is 17.4 Å². The monoisotopic (exact) mass is 297 g/mol. The minimum atomic E-state index is -0.370. The van der Waals surface area contributed by atoms with Gasteiger partial charge in [0.2, 0.25) is 0 Å². The van der Waals surface area contributed by atoms with E-state index in [1.165, 1.54) is 31.4 Å². The Kier molecular flexibility index (Phi) is 5.17. The molecule has 1 aromatic rings. The van der Waals surface area contributed by atoms with E-state index in [2.05, 4.69) is 5.32 Å². The van der Waals surface area contributed by atoms with Crippen LogP contribution in [0.3, 0.4) is 0 Å². The van der Waals surface area contributed by atoms with E-state index in [0.717, 1.165) is 12.8 Å². The molecule has 1 aliphatic rings. The topological polar surface area (TPSA) is 29.1 Å². The molecular formula is C16H21ClFNO. The van der Waals surface area contributed by atoms with Gasteiger partial charge in [-0.05, 0) is 37.6 Å². The number of ketones is 1. The van der Waals surface area contributed by atoms with Gasteiger partial charge in [0, 0.05) is 23.4 Å². The molecule has 0 bridgehead atoms. The first-order valence-electron chi connectivity index (χ1n) is 7.19. The summed E-state index contributed by atoms with van der Waals surface area (Å²) in [6.45, 7) is 0. The fraction of sp³-hybridized carbons (Fsp3) is 0.562. The Hall–Kier alpha value is -0.930. The Morgan fingerprint density at radius 3 is 2.65 bits per heavy atom. The molecule has 0 atom stereocenters. The van der Waals surface area contributed by atoms with Crippen molar-refractivity contribution in [1.29, 1.82) is 0 Å². The molecular weight excluding hydrogens is 277 g/mol. The summed E-state index contributed by atoms with van der Waals surface area (Å²) in [6.07, 6.45) is 6.50. The van der Waals surface area contributed by atoms with Gasteiger partial charge in [0.15, 0.2) is 0 Å². The minimum absolute atomic E-state index is 0.0537. The minimum Gasteiger partial charge on any atom is -0.314 e. The molecule has 0 aromatic heterocycles. The summed E-state index contributed by atoms with van der Waals surface area (Å²) in [5.74, 6) is -0.208. The molecule has 0 aliphatic heterocycles. The maximum atomic E-state index is 13.0. The molecule has 0 radical (unpaired) electrons. The second-order valence-corrected chi connectivity index (χ2v) is 6.13. The molecule has 2 nitrogen and oxygen atoms in total. The zero-order chi connectivity index (χ0) is 14.6. The van der Waals surface area contributed by atoms with E-state index in [1.54, 1.807) is 6.07 Å². The van der Waals surface area contributed by atoms with E-state index in [4.69, 9.17) is 11.6 Å². The molecule has 0 spiro atoms. The number of carbonyl (C=O) groups is 1. The number of hydrogen-bond acceptors (Lipinski definition) is 2. The summed E-state index contributed by atoms with van der Waals surface area (Å²) in [6, 6.07) is 4.21. The molecule has 1 aliphatic carbocycles. The fourth-order valence-corrected chi connectivity index (χ4v) is 3.30. The van der Waals surface area contributed by atoms with Crippen molar-refractivity contribution in [2.24, 2.45) is 0 Å². The third-order valence-corrected chi connectivity index (χ3v) is 4.63. The molecule has 0 saturated heterocycles. The quantitative estimate of drug-likeness (QED) is 0.893. The first-order chi connectivity index (χ1) is 9.54. The Balaban J connectivity index is 2.00. The van der Waals surface area contributed by atoms with E-state index in [9.17, 15) is 9.18 Å². The van der Waals surface area contributed by atoms with Gasteiger partial charge in [0.1, 0.15) is 11.6 Å². The zero-order valence-corrected chi connectivity index (χ0v) is 12.6.